The minimum absolute atomic E-state index is 0.118. The first-order chi connectivity index (χ1) is 12.3. The minimum Gasteiger partial charge on any atom is -0.396 e. The summed E-state index contributed by atoms with van der Waals surface area (Å²) in [5, 5.41) is 9.94. The zero-order chi connectivity index (χ0) is 17.3. The number of aliphatic hydroxyl groups excluding tert-OH is 1. The molecule has 2 atom stereocenters. The number of benzene rings is 2. The molecule has 3 aliphatic rings. The van der Waals surface area contributed by atoms with Crippen molar-refractivity contribution in [1.82, 2.24) is 4.90 Å². The smallest absolute Gasteiger partial charge is 0.0437 e. The first kappa shape index (κ1) is 16.8. The van der Waals surface area contributed by atoms with Crippen LogP contribution in [0.4, 0.5) is 0 Å². The van der Waals surface area contributed by atoms with E-state index in [0.717, 1.165) is 13.0 Å². The Hall–Kier alpha value is -1.64. The number of rotatable bonds is 5. The summed E-state index contributed by atoms with van der Waals surface area (Å²) in [5.41, 5.74) is 4.36. The van der Waals surface area contributed by atoms with Crippen molar-refractivity contribution in [3.05, 3.63) is 71.3 Å². The third kappa shape index (κ3) is 2.82. The molecule has 3 aliphatic heterocycles. The van der Waals surface area contributed by atoms with Gasteiger partial charge in [0.2, 0.25) is 0 Å². The monoisotopic (exact) mass is 335 g/mol. The van der Waals surface area contributed by atoms with Crippen LogP contribution in [0.2, 0.25) is 0 Å². The lowest BCUT2D eigenvalue weighted by Crippen LogP contribution is -2.59. The highest BCUT2D eigenvalue weighted by Crippen LogP contribution is 2.54. The maximum Gasteiger partial charge on any atom is 0.0437 e. The van der Waals surface area contributed by atoms with Gasteiger partial charge in [-0.1, -0.05) is 54.6 Å². The van der Waals surface area contributed by atoms with Gasteiger partial charge >= 0.3 is 0 Å². The summed E-state index contributed by atoms with van der Waals surface area (Å²) in [6, 6.07) is 19.9. The molecule has 132 valence electrons. The van der Waals surface area contributed by atoms with Gasteiger partial charge in [0.15, 0.2) is 0 Å². The van der Waals surface area contributed by atoms with Crippen molar-refractivity contribution < 1.29 is 5.11 Å². The Morgan fingerprint density at radius 2 is 1.72 bits per heavy atom. The fraction of sp³-hybridized carbons (Fsp3) is 0.478. The van der Waals surface area contributed by atoms with Crippen molar-refractivity contribution >= 4 is 0 Å². The fourth-order valence-electron chi connectivity index (χ4n) is 5.57. The SMILES string of the molecule is Cc1ccccc1C(CCO)C1(c2ccccc2)CN2CCC1CC2. The van der Waals surface area contributed by atoms with Crippen LogP contribution < -0.4 is 0 Å². The quantitative estimate of drug-likeness (QED) is 0.888. The molecule has 0 saturated carbocycles. The highest BCUT2D eigenvalue weighted by Gasteiger charge is 2.52. The molecule has 1 N–H and O–H groups in total. The van der Waals surface area contributed by atoms with E-state index in [-0.39, 0.29) is 12.0 Å². The first-order valence-electron chi connectivity index (χ1n) is 9.70. The Balaban J connectivity index is 1.88. The van der Waals surface area contributed by atoms with Gasteiger partial charge < -0.3 is 10.0 Å². The van der Waals surface area contributed by atoms with Crippen molar-refractivity contribution in [2.75, 3.05) is 26.2 Å². The summed E-state index contributed by atoms with van der Waals surface area (Å²) < 4.78 is 0. The van der Waals surface area contributed by atoms with E-state index < -0.39 is 0 Å². The molecule has 2 aromatic carbocycles. The summed E-state index contributed by atoms with van der Waals surface area (Å²) in [5.74, 6) is 1.07. The summed E-state index contributed by atoms with van der Waals surface area (Å²) in [4.78, 5) is 2.65. The molecule has 3 fully saturated rings. The Morgan fingerprint density at radius 1 is 1.04 bits per heavy atom. The predicted octanol–water partition coefficient (Wildman–Crippen LogP) is 4.12. The first-order valence-corrected chi connectivity index (χ1v) is 9.70. The normalized spacial score (nSPS) is 29.5. The summed E-state index contributed by atoms with van der Waals surface area (Å²) in [6.45, 7) is 6.07. The molecule has 3 saturated heterocycles. The van der Waals surface area contributed by atoms with Gasteiger partial charge in [-0.3, -0.25) is 0 Å². The Bertz CT molecular complexity index is 705. The van der Waals surface area contributed by atoms with Crippen LogP contribution in [0.15, 0.2) is 54.6 Å². The van der Waals surface area contributed by atoms with Crippen LogP contribution in [0.3, 0.4) is 0 Å². The van der Waals surface area contributed by atoms with Crippen molar-refractivity contribution in [3.8, 4) is 0 Å². The van der Waals surface area contributed by atoms with Crippen LogP contribution in [0, 0.1) is 12.8 Å². The number of hydrogen-bond acceptors (Lipinski definition) is 2. The maximum atomic E-state index is 9.94. The molecular formula is C23H29NO. The second-order valence-corrected chi connectivity index (χ2v) is 7.88. The van der Waals surface area contributed by atoms with Crippen LogP contribution in [0.1, 0.15) is 41.9 Å². The molecule has 0 radical (unpaired) electrons. The largest absolute Gasteiger partial charge is 0.396 e. The molecule has 2 aromatic rings. The highest BCUT2D eigenvalue weighted by atomic mass is 16.3. The number of nitrogens with zero attached hydrogens (tertiary/aromatic N) is 1. The molecule has 2 nitrogen and oxygen atoms in total. The average molecular weight is 335 g/mol. The lowest BCUT2D eigenvalue weighted by atomic mass is 9.54. The standard InChI is InChI=1S/C23H29NO/c1-18-7-5-6-10-21(18)22(13-16-25)23(19-8-3-2-4-9-19)17-24-14-11-20(23)12-15-24/h2-10,20,22,25H,11-17H2,1H3. The molecule has 2 unspecified atom stereocenters. The van der Waals surface area contributed by atoms with E-state index in [1.165, 1.54) is 42.6 Å². The van der Waals surface area contributed by atoms with Gasteiger partial charge in [0, 0.05) is 18.6 Å². The lowest BCUT2D eigenvalue weighted by Gasteiger charge is -2.57. The zero-order valence-electron chi connectivity index (χ0n) is 15.2. The Morgan fingerprint density at radius 3 is 2.32 bits per heavy atom. The Labute approximate surface area is 151 Å². The molecule has 2 bridgehead atoms. The molecule has 2 heteroatoms. The van der Waals surface area contributed by atoms with Gasteiger partial charge in [0.1, 0.15) is 0 Å². The number of aryl methyl sites for hydroxylation is 1. The summed E-state index contributed by atoms with van der Waals surface area (Å²) in [6.07, 6.45) is 3.40. The highest BCUT2D eigenvalue weighted by molar-refractivity contribution is 5.40. The van der Waals surface area contributed by atoms with Crippen LogP contribution in [0.25, 0.3) is 0 Å². The molecular weight excluding hydrogens is 306 g/mol. The molecule has 0 amide bonds. The van der Waals surface area contributed by atoms with E-state index in [9.17, 15) is 5.11 Å². The van der Waals surface area contributed by atoms with Gasteiger partial charge in [-0.15, -0.1) is 0 Å². The third-order valence-corrected chi connectivity index (χ3v) is 6.72. The van der Waals surface area contributed by atoms with Crippen LogP contribution >= 0.6 is 0 Å². The van der Waals surface area contributed by atoms with Crippen molar-refractivity contribution in [2.45, 2.75) is 37.5 Å². The second kappa shape index (κ2) is 6.93. The summed E-state index contributed by atoms with van der Waals surface area (Å²) in [7, 11) is 0. The van der Waals surface area contributed by atoms with Crippen molar-refractivity contribution in [3.63, 3.8) is 0 Å². The van der Waals surface area contributed by atoms with E-state index in [1.54, 1.807) is 0 Å². The third-order valence-electron chi connectivity index (χ3n) is 6.72. The predicted molar refractivity (Wildman–Crippen MR) is 103 cm³/mol. The molecule has 0 aromatic heterocycles. The molecule has 0 spiro atoms. The van der Waals surface area contributed by atoms with Crippen LogP contribution in [-0.2, 0) is 5.41 Å². The van der Waals surface area contributed by atoms with Gasteiger partial charge in [0.25, 0.3) is 0 Å². The average Bonchev–Trinajstić information content (AvgIpc) is 2.68. The van der Waals surface area contributed by atoms with Gasteiger partial charge in [-0.25, -0.2) is 0 Å². The second-order valence-electron chi connectivity index (χ2n) is 7.88. The van der Waals surface area contributed by atoms with Gasteiger partial charge in [-0.2, -0.15) is 0 Å². The maximum absolute atomic E-state index is 9.94. The molecule has 3 heterocycles. The van der Waals surface area contributed by atoms with E-state index in [1.807, 2.05) is 0 Å². The molecule has 0 aliphatic carbocycles. The lowest BCUT2D eigenvalue weighted by molar-refractivity contribution is 0.00223. The minimum atomic E-state index is 0.118. The molecule has 25 heavy (non-hydrogen) atoms. The van der Waals surface area contributed by atoms with E-state index in [4.69, 9.17) is 0 Å². The van der Waals surface area contributed by atoms with E-state index in [0.29, 0.717) is 11.8 Å². The molecule has 5 rings (SSSR count). The van der Waals surface area contributed by atoms with Gasteiger partial charge in [-0.05, 0) is 67.8 Å². The summed E-state index contributed by atoms with van der Waals surface area (Å²) >= 11 is 0. The fourth-order valence-corrected chi connectivity index (χ4v) is 5.57. The number of fused-ring (bicyclic) bond motifs is 3. The number of hydrogen-bond donors (Lipinski definition) is 1. The van der Waals surface area contributed by atoms with Gasteiger partial charge in [0.05, 0.1) is 0 Å². The zero-order valence-corrected chi connectivity index (χ0v) is 15.2. The van der Waals surface area contributed by atoms with E-state index in [2.05, 4.69) is 66.4 Å². The van der Waals surface area contributed by atoms with E-state index >= 15 is 0 Å². The van der Waals surface area contributed by atoms with Crippen molar-refractivity contribution in [1.29, 1.82) is 0 Å². The topological polar surface area (TPSA) is 23.5 Å². The number of piperidine rings is 3. The van der Waals surface area contributed by atoms with Crippen LogP contribution in [-0.4, -0.2) is 36.2 Å². The van der Waals surface area contributed by atoms with Crippen LogP contribution in [0.5, 0.6) is 0 Å². The Kier molecular flexibility index (Phi) is 4.66. The number of aliphatic hydroxyl groups is 1. The van der Waals surface area contributed by atoms with Crippen molar-refractivity contribution in [2.24, 2.45) is 5.92 Å².